The molecule has 2 aromatic rings. The lowest BCUT2D eigenvalue weighted by atomic mass is 10.0. The molecule has 120 valence electrons. The third-order valence-electron chi connectivity index (χ3n) is 2.88. The van der Waals surface area contributed by atoms with E-state index in [1.807, 2.05) is 6.08 Å². The number of aromatic nitrogens is 8. The molecule has 0 atom stereocenters. The van der Waals surface area contributed by atoms with E-state index in [9.17, 15) is 0 Å². The Morgan fingerprint density at radius 1 is 1.08 bits per heavy atom. The predicted octanol–water partition coefficient (Wildman–Crippen LogP) is 1.06. The van der Waals surface area contributed by atoms with Crippen LogP contribution in [0.2, 0.25) is 0 Å². The standard InChI is InChI=1S/C8H8N16/c9-17-11-7-13-19-21-23(7)15-5-3-1-2-4-6(5)16-24-8(12-18-10)14-20-22-24/h3,15H,1-2,4H2/b16-6+. The van der Waals surface area contributed by atoms with Crippen LogP contribution in [0.15, 0.2) is 27.1 Å². The molecule has 0 aromatic carbocycles. The molecule has 0 bridgehead atoms. The SMILES string of the molecule is [N-]=[N+]=Nc1nnnn1/N=C1\CCCC=C1Nn1nnnc1N=[N+]=[N-]. The molecule has 0 saturated carbocycles. The Bertz CT molecular complexity index is 885. The molecule has 1 N–H and O–H groups in total. The number of tetrazole rings is 2. The molecule has 0 spiro atoms. The first-order valence-electron chi connectivity index (χ1n) is 6.54. The van der Waals surface area contributed by atoms with Crippen molar-refractivity contribution in [1.29, 1.82) is 0 Å². The fraction of sp³-hybridized carbons (Fsp3) is 0.375. The summed E-state index contributed by atoms with van der Waals surface area (Å²) < 4.78 is 0. The molecular formula is C8H8N16. The second kappa shape index (κ2) is 6.82. The van der Waals surface area contributed by atoms with Gasteiger partial charge in [-0.15, -0.1) is 24.9 Å². The molecule has 3 rings (SSSR count). The Balaban J connectivity index is 1.91. The van der Waals surface area contributed by atoms with Gasteiger partial charge < -0.3 is 0 Å². The third-order valence-corrected chi connectivity index (χ3v) is 2.88. The van der Waals surface area contributed by atoms with E-state index in [1.54, 1.807) is 0 Å². The van der Waals surface area contributed by atoms with Crippen LogP contribution < -0.4 is 5.43 Å². The fourth-order valence-electron chi connectivity index (χ4n) is 1.91. The average Bonchev–Trinajstić information content (AvgIpc) is 3.20. The average molecular weight is 328 g/mol. The Morgan fingerprint density at radius 2 is 1.83 bits per heavy atom. The minimum atomic E-state index is -0.0906. The van der Waals surface area contributed by atoms with Crippen LogP contribution in [0.25, 0.3) is 20.9 Å². The van der Waals surface area contributed by atoms with Crippen LogP contribution in [-0.2, 0) is 0 Å². The van der Waals surface area contributed by atoms with Crippen molar-refractivity contribution >= 4 is 17.6 Å². The minimum absolute atomic E-state index is 0.0551. The topological polar surface area (TPSA) is 209 Å². The maximum absolute atomic E-state index is 8.49. The van der Waals surface area contributed by atoms with Gasteiger partial charge in [-0.1, -0.05) is 6.08 Å². The second-order valence-corrected chi connectivity index (χ2v) is 4.31. The van der Waals surface area contributed by atoms with Crippen molar-refractivity contribution in [3.63, 3.8) is 0 Å². The van der Waals surface area contributed by atoms with Crippen LogP contribution in [-0.4, -0.2) is 46.3 Å². The number of nitrogens with zero attached hydrogens (tertiary/aromatic N) is 15. The number of azide groups is 2. The molecule has 0 saturated heterocycles. The summed E-state index contributed by atoms with van der Waals surface area (Å²) in [6, 6.07) is 0. The zero-order valence-corrected chi connectivity index (χ0v) is 11.9. The molecule has 0 amide bonds. The van der Waals surface area contributed by atoms with Gasteiger partial charge in [0.1, 0.15) is 0 Å². The van der Waals surface area contributed by atoms with E-state index >= 15 is 0 Å². The molecule has 1 aliphatic carbocycles. The molecule has 1 aliphatic rings. The molecule has 0 unspecified atom stereocenters. The summed E-state index contributed by atoms with van der Waals surface area (Å²) in [5.41, 5.74) is 21.0. The smallest absolute Gasteiger partial charge is 0.263 e. The number of hydrogen-bond donors (Lipinski definition) is 1. The highest BCUT2D eigenvalue weighted by Gasteiger charge is 2.16. The van der Waals surface area contributed by atoms with Crippen molar-refractivity contribution in [2.24, 2.45) is 15.3 Å². The molecule has 2 heterocycles. The van der Waals surface area contributed by atoms with Gasteiger partial charge >= 0.3 is 0 Å². The van der Waals surface area contributed by atoms with Crippen molar-refractivity contribution in [3.05, 3.63) is 32.7 Å². The quantitative estimate of drug-likeness (QED) is 0.478. The van der Waals surface area contributed by atoms with E-state index in [4.69, 9.17) is 11.1 Å². The van der Waals surface area contributed by atoms with Crippen LogP contribution in [0.3, 0.4) is 0 Å². The molecule has 0 aliphatic heterocycles. The van der Waals surface area contributed by atoms with Gasteiger partial charge in [0.15, 0.2) is 0 Å². The number of hydrogen-bond acceptors (Lipinski definition) is 10. The molecule has 16 nitrogen and oxygen atoms in total. The lowest BCUT2D eigenvalue weighted by Crippen LogP contribution is -2.24. The first-order chi connectivity index (χ1) is 11.8. The normalized spacial score (nSPS) is 15.3. The molecule has 24 heavy (non-hydrogen) atoms. The Morgan fingerprint density at radius 3 is 2.67 bits per heavy atom. The van der Waals surface area contributed by atoms with E-state index in [2.05, 4.69) is 61.6 Å². The Labute approximate surface area is 132 Å². The Hall–Kier alpha value is -4.03. The zero-order valence-electron chi connectivity index (χ0n) is 11.9. The van der Waals surface area contributed by atoms with E-state index < -0.39 is 0 Å². The van der Waals surface area contributed by atoms with Crippen molar-refractivity contribution in [2.45, 2.75) is 19.3 Å². The summed E-state index contributed by atoms with van der Waals surface area (Å²) in [4.78, 5) is 7.40. The Kier molecular flexibility index (Phi) is 4.23. The summed E-state index contributed by atoms with van der Waals surface area (Å²) in [6.07, 6.45) is 4.16. The number of allylic oxidation sites excluding steroid dienone is 2. The van der Waals surface area contributed by atoms with Crippen LogP contribution >= 0.6 is 0 Å². The van der Waals surface area contributed by atoms with Crippen molar-refractivity contribution < 1.29 is 0 Å². The van der Waals surface area contributed by atoms with Gasteiger partial charge in [0.2, 0.25) is 0 Å². The van der Waals surface area contributed by atoms with E-state index in [0.29, 0.717) is 17.8 Å². The summed E-state index contributed by atoms with van der Waals surface area (Å²) >= 11 is 0. The molecular weight excluding hydrogens is 320 g/mol. The highest BCUT2D eigenvalue weighted by atomic mass is 15.7. The zero-order chi connectivity index (χ0) is 16.8. The predicted molar refractivity (Wildman–Crippen MR) is 77.4 cm³/mol. The lowest BCUT2D eigenvalue weighted by molar-refractivity contribution is 0.680. The van der Waals surface area contributed by atoms with E-state index in [1.165, 1.54) is 0 Å². The third kappa shape index (κ3) is 3.08. The van der Waals surface area contributed by atoms with Gasteiger partial charge in [-0.2, -0.15) is 0 Å². The highest BCUT2D eigenvalue weighted by Crippen LogP contribution is 2.17. The largest absolute Gasteiger partial charge is 0.273 e. The monoisotopic (exact) mass is 328 g/mol. The van der Waals surface area contributed by atoms with Gasteiger partial charge in [-0.25, -0.2) is 0 Å². The van der Waals surface area contributed by atoms with Gasteiger partial charge in [0, 0.05) is 9.82 Å². The van der Waals surface area contributed by atoms with Gasteiger partial charge in [0.05, 0.1) is 11.4 Å². The number of nitrogens with one attached hydrogen (secondary N) is 1. The van der Waals surface area contributed by atoms with Gasteiger partial charge in [-0.3, -0.25) is 5.43 Å². The van der Waals surface area contributed by atoms with E-state index in [-0.39, 0.29) is 11.9 Å². The minimum Gasteiger partial charge on any atom is -0.273 e. The van der Waals surface area contributed by atoms with Crippen LogP contribution in [0, 0.1) is 0 Å². The van der Waals surface area contributed by atoms with Crippen molar-refractivity contribution in [1.82, 2.24) is 40.6 Å². The maximum Gasteiger partial charge on any atom is 0.263 e. The summed E-state index contributed by atoms with van der Waals surface area (Å²) in [7, 11) is 0. The maximum atomic E-state index is 8.49. The molecule has 16 heteroatoms. The summed E-state index contributed by atoms with van der Waals surface area (Å²) in [6.45, 7) is 0. The van der Waals surface area contributed by atoms with Crippen LogP contribution in [0.5, 0.6) is 0 Å². The highest BCUT2D eigenvalue weighted by molar-refractivity contribution is 6.01. The van der Waals surface area contributed by atoms with Crippen LogP contribution in [0.4, 0.5) is 11.9 Å². The number of rotatable bonds is 5. The summed E-state index contributed by atoms with van der Waals surface area (Å²) in [5.74, 6) is -0.146. The molecule has 0 radical (unpaired) electrons. The van der Waals surface area contributed by atoms with Crippen molar-refractivity contribution in [2.75, 3.05) is 5.43 Å². The van der Waals surface area contributed by atoms with Gasteiger partial charge in [0.25, 0.3) is 11.9 Å². The summed E-state index contributed by atoms with van der Waals surface area (Å²) in [5, 5.41) is 32.2. The van der Waals surface area contributed by atoms with Gasteiger partial charge in [-0.05, 0) is 61.4 Å². The van der Waals surface area contributed by atoms with E-state index in [0.717, 1.165) is 22.4 Å². The fourth-order valence-corrected chi connectivity index (χ4v) is 1.91. The second-order valence-electron chi connectivity index (χ2n) is 4.31. The van der Waals surface area contributed by atoms with Crippen LogP contribution in [0.1, 0.15) is 19.3 Å². The molecule has 0 fully saturated rings. The lowest BCUT2D eigenvalue weighted by Gasteiger charge is -2.16. The molecule has 2 aromatic heterocycles. The first-order valence-corrected chi connectivity index (χ1v) is 6.54. The first kappa shape index (κ1) is 14.9. The van der Waals surface area contributed by atoms with Crippen molar-refractivity contribution in [3.8, 4) is 0 Å².